The number of urea groups is 1. The van der Waals surface area contributed by atoms with Gasteiger partial charge in [0.2, 0.25) is 23.6 Å². The minimum Gasteiger partial charge on any atom is -0.481 e. The molecule has 2 atom stereocenters. The van der Waals surface area contributed by atoms with Crippen LogP contribution in [-0.4, -0.2) is 90.8 Å². The Kier molecular flexibility index (Phi) is 9.40. The molecule has 1 aromatic heterocycles. The summed E-state index contributed by atoms with van der Waals surface area (Å²) < 4.78 is 5.62. The first-order valence-electron chi connectivity index (χ1n) is 14.7. The molecule has 236 valence electrons. The zero-order valence-corrected chi connectivity index (χ0v) is 26.8. The molecule has 45 heavy (non-hydrogen) atoms. The third-order valence-corrected chi connectivity index (χ3v) is 9.04. The number of nitrogens with zero attached hydrogens (tertiary/aromatic N) is 4. The monoisotopic (exact) mass is 632 g/mol. The van der Waals surface area contributed by atoms with E-state index in [2.05, 4.69) is 10.6 Å². The number of hydrogen-bond donors (Lipinski definition) is 2. The lowest BCUT2D eigenvalue weighted by Gasteiger charge is -2.33. The lowest BCUT2D eigenvalue weighted by molar-refractivity contribution is -0.140. The number of halogens is 1. The summed E-state index contributed by atoms with van der Waals surface area (Å²) in [7, 11) is 6.35. The largest absolute Gasteiger partial charge is 0.481 e. The van der Waals surface area contributed by atoms with Crippen molar-refractivity contribution in [3.63, 3.8) is 0 Å². The summed E-state index contributed by atoms with van der Waals surface area (Å²) in [6.07, 6.45) is 1.43. The number of rotatable bonds is 9. The first-order chi connectivity index (χ1) is 21.5. The van der Waals surface area contributed by atoms with E-state index in [9.17, 15) is 19.2 Å². The molecule has 5 rings (SSSR count). The zero-order chi connectivity index (χ0) is 32.4. The Labute approximate surface area is 267 Å². The molecule has 2 fully saturated rings. The first kappa shape index (κ1) is 31.9. The fourth-order valence-corrected chi connectivity index (χ4v) is 6.16. The van der Waals surface area contributed by atoms with E-state index in [4.69, 9.17) is 21.3 Å². The molecule has 0 bridgehead atoms. The fraction of sp³-hybridized carbons (Fsp3) is 0.364. The number of likely N-dealkylation sites (tertiary alicyclic amines) is 1. The lowest BCUT2D eigenvalue weighted by atomic mass is 9.96. The van der Waals surface area contributed by atoms with Crippen molar-refractivity contribution in [1.29, 1.82) is 0 Å². The van der Waals surface area contributed by atoms with Gasteiger partial charge in [0.25, 0.3) is 0 Å². The SMILES string of the molecule is COc1nc(-c2cccc(-c3cccc(NC(=O)C4CN(C)C(=O)N(C)C4=O)c3C)c2Cl)ccc1CNC[C@@H]1CCC(=O)N1C. The third-order valence-electron chi connectivity index (χ3n) is 8.63. The number of nitrogens with one attached hydrogen (secondary N) is 2. The number of hydrogen-bond acceptors (Lipinski definition) is 7. The van der Waals surface area contributed by atoms with E-state index >= 15 is 0 Å². The van der Waals surface area contributed by atoms with Gasteiger partial charge in [0.15, 0.2) is 0 Å². The summed E-state index contributed by atoms with van der Waals surface area (Å²) in [6.45, 7) is 3.10. The number of carbonyl (C=O) groups excluding carboxylic acids is 4. The molecular weight excluding hydrogens is 596 g/mol. The van der Waals surface area contributed by atoms with Gasteiger partial charge in [-0.3, -0.25) is 19.3 Å². The van der Waals surface area contributed by atoms with Gasteiger partial charge in [0, 0.05) is 75.6 Å². The van der Waals surface area contributed by atoms with Crippen LogP contribution in [0.15, 0.2) is 48.5 Å². The first-order valence-corrected chi connectivity index (χ1v) is 15.1. The summed E-state index contributed by atoms with van der Waals surface area (Å²) in [5.41, 5.74) is 5.12. The van der Waals surface area contributed by atoms with Crippen molar-refractivity contribution in [2.24, 2.45) is 5.92 Å². The van der Waals surface area contributed by atoms with Gasteiger partial charge in [0.05, 0.1) is 17.8 Å². The van der Waals surface area contributed by atoms with Crippen molar-refractivity contribution >= 4 is 41.0 Å². The van der Waals surface area contributed by atoms with E-state index in [0.29, 0.717) is 41.8 Å². The highest BCUT2D eigenvalue weighted by molar-refractivity contribution is 6.36. The predicted molar refractivity (Wildman–Crippen MR) is 172 cm³/mol. The number of methoxy groups -OCH3 is 1. The number of aromatic nitrogens is 1. The van der Waals surface area contributed by atoms with Gasteiger partial charge < -0.3 is 25.2 Å². The van der Waals surface area contributed by atoms with Crippen LogP contribution in [0.25, 0.3) is 22.4 Å². The summed E-state index contributed by atoms with van der Waals surface area (Å²) >= 11 is 7.01. The van der Waals surface area contributed by atoms with Crippen molar-refractivity contribution in [2.45, 2.75) is 32.4 Å². The van der Waals surface area contributed by atoms with Crippen molar-refractivity contribution in [1.82, 2.24) is 25.0 Å². The normalized spacial score (nSPS) is 18.5. The highest BCUT2D eigenvalue weighted by Crippen LogP contribution is 2.39. The van der Waals surface area contributed by atoms with Crippen LogP contribution in [-0.2, 0) is 20.9 Å². The Morgan fingerprint density at radius 3 is 2.44 bits per heavy atom. The number of carbonyl (C=O) groups is 4. The molecule has 11 nitrogen and oxygen atoms in total. The van der Waals surface area contributed by atoms with Gasteiger partial charge in [-0.25, -0.2) is 9.78 Å². The Morgan fingerprint density at radius 1 is 1.02 bits per heavy atom. The van der Waals surface area contributed by atoms with Crippen molar-refractivity contribution in [2.75, 3.05) is 46.7 Å². The summed E-state index contributed by atoms with van der Waals surface area (Å²) in [5, 5.41) is 6.79. The van der Waals surface area contributed by atoms with Crippen LogP contribution < -0.4 is 15.4 Å². The molecule has 2 aliphatic rings. The van der Waals surface area contributed by atoms with Gasteiger partial charge in [-0.1, -0.05) is 48.0 Å². The molecule has 0 saturated carbocycles. The molecule has 2 aromatic carbocycles. The number of likely N-dealkylation sites (N-methyl/N-ethyl adjacent to an activating group) is 1. The number of imide groups is 1. The molecule has 3 heterocycles. The number of anilines is 1. The van der Waals surface area contributed by atoms with Crippen LogP contribution in [0.2, 0.25) is 5.02 Å². The van der Waals surface area contributed by atoms with Crippen LogP contribution in [0.5, 0.6) is 5.88 Å². The van der Waals surface area contributed by atoms with Gasteiger partial charge in [-0.2, -0.15) is 0 Å². The second-order valence-electron chi connectivity index (χ2n) is 11.4. The second kappa shape index (κ2) is 13.3. The van der Waals surface area contributed by atoms with Crippen molar-refractivity contribution < 1.29 is 23.9 Å². The standard InChI is InChI=1S/C33H37ClN6O5/c1-19-22(8-7-11-26(19)36-30(42)25-18-38(2)33(44)40(4)32(25)43)23-9-6-10-24(29(23)34)27-14-12-20(31(37-27)45-5)16-35-17-21-13-15-28(41)39(21)3/h6-12,14,21,25,35H,13,15-18H2,1-5H3,(H,36,42)/t21-,25?/m0/s1. The third kappa shape index (κ3) is 6.36. The number of amides is 5. The second-order valence-corrected chi connectivity index (χ2v) is 11.8. The summed E-state index contributed by atoms with van der Waals surface area (Å²) in [6, 6.07) is 14.8. The summed E-state index contributed by atoms with van der Waals surface area (Å²) in [5.74, 6) is -1.38. The van der Waals surface area contributed by atoms with Gasteiger partial charge in [0.1, 0.15) is 5.92 Å². The van der Waals surface area contributed by atoms with Crippen LogP contribution in [0, 0.1) is 12.8 Å². The van der Waals surface area contributed by atoms with Crippen LogP contribution in [0.1, 0.15) is 24.0 Å². The Balaban J connectivity index is 1.35. The molecule has 0 aliphatic carbocycles. The minimum atomic E-state index is -1.01. The fourth-order valence-electron chi connectivity index (χ4n) is 5.84. The van der Waals surface area contributed by atoms with Crippen LogP contribution in [0.4, 0.5) is 10.5 Å². The predicted octanol–water partition coefficient (Wildman–Crippen LogP) is 4.17. The highest BCUT2D eigenvalue weighted by Gasteiger charge is 2.39. The molecule has 5 amide bonds. The zero-order valence-electron chi connectivity index (χ0n) is 26.0. The quantitative estimate of drug-likeness (QED) is 0.339. The molecule has 1 unspecified atom stereocenters. The maximum Gasteiger partial charge on any atom is 0.326 e. The Morgan fingerprint density at radius 2 is 1.73 bits per heavy atom. The molecule has 12 heteroatoms. The van der Waals surface area contributed by atoms with Gasteiger partial charge >= 0.3 is 6.03 Å². The van der Waals surface area contributed by atoms with Crippen LogP contribution >= 0.6 is 11.6 Å². The maximum absolute atomic E-state index is 13.2. The molecule has 0 radical (unpaired) electrons. The number of pyridine rings is 1. The van der Waals surface area contributed by atoms with E-state index in [1.54, 1.807) is 25.1 Å². The van der Waals surface area contributed by atoms with Crippen LogP contribution in [0.3, 0.4) is 0 Å². The number of ether oxygens (including phenoxy) is 1. The lowest BCUT2D eigenvalue weighted by Crippen LogP contribution is -2.56. The average Bonchev–Trinajstić information content (AvgIpc) is 3.35. The average molecular weight is 633 g/mol. The van der Waals surface area contributed by atoms with E-state index in [-0.39, 0.29) is 18.5 Å². The Hall–Kier alpha value is -4.48. The molecule has 2 N–H and O–H groups in total. The van der Waals surface area contributed by atoms with Gasteiger partial charge in [-0.15, -0.1) is 0 Å². The molecule has 3 aromatic rings. The molecular formula is C33H37ClN6O5. The maximum atomic E-state index is 13.2. The topological polar surface area (TPSA) is 124 Å². The molecule has 2 saturated heterocycles. The van der Waals surface area contributed by atoms with Crippen molar-refractivity contribution in [3.8, 4) is 28.3 Å². The molecule has 0 spiro atoms. The van der Waals surface area contributed by atoms with E-state index in [0.717, 1.165) is 39.1 Å². The van der Waals surface area contributed by atoms with E-state index < -0.39 is 23.8 Å². The highest BCUT2D eigenvalue weighted by atomic mass is 35.5. The Bertz CT molecular complexity index is 1660. The number of benzene rings is 2. The van der Waals surface area contributed by atoms with E-state index in [1.807, 2.05) is 56.4 Å². The minimum absolute atomic E-state index is 0.00460. The van der Waals surface area contributed by atoms with Gasteiger partial charge in [-0.05, 0) is 36.6 Å². The van der Waals surface area contributed by atoms with Crippen molar-refractivity contribution in [3.05, 3.63) is 64.7 Å². The summed E-state index contributed by atoms with van der Waals surface area (Å²) in [4.78, 5) is 58.6. The molecule has 2 aliphatic heterocycles. The smallest absolute Gasteiger partial charge is 0.326 e. The van der Waals surface area contributed by atoms with E-state index in [1.165, 1.54) is 11.9 Å².